The molecule has 116 valence electrons. The molecule has 0 fully saturated rings. The molecule has 0 radical (unpaired) electrons. The smallest absolute Gasteiger partial charge is 0.317 e. The summed E-state index contributed by atoms with van der Waals surface area (Å²) in [6, 6.07) is 7.38. The molecule has 0 aliphatic rings. The number of aliphatic carboxylic acids is 1. The fourth-order valence-corrected chi connectivity index (χ4v) is 2.12. The monoisotopic (exact) mass is 356 g/mol. The third kappa shape index (κ3) is 4.74. The van der Waals surface area contributed by atoms with E-state index in [4.69, 9.17) is 0 Å². The molecule has 5 nitrogen and oxygen atoms in total. The standard InChI is InChI=1S/C15H21BrN2O3/c1-4-15(2,13(19)20)10-17-14(21)18(3)9-11-7-5-6-8-12(11)16/h5-8H,4,9-10H2,1-3H3,(H,17,21)(H,19,20). The molecule has 1 aromatic rings. The molecule has 0 saturated heterocycles. The number of benzene rings is 1. The van der Waals surface area contributed by atoms with E-state index < -0.39 is 11.4 Å². The van der Waals surface area contributed by atoms with Gasteiger partial charge in [0.1, 0.15) is 0 Å². The second-order valence-corrected chi connectivity index (χ2v) is 6.18. The second kappa shape index (κ2) is 7.45. The molecular weight excluding hydrogens is 336 g/mol. The Balaban J connectivity index is 2.60. The zero-order chi connectivity index (χ0) is 16.0. The van der Waals surface area contributed by atoms with Crippen LogP contribution in [0.2, 0.25) is 0 Å². The zero-order valence-electron chi connectivity index (χ0n) is 12.5. The van der Waals surface area contributed by atoms with Crippen molar-refractivity contribution in [1.29, 1.82) is 0 Å². The highest BCUT2D eigenvalue weighted by Crippen LogP contribution is 2.20. The van der Waals surface area contributed by atoms with Crippen LogP contribution in [0.4, 0.5) is 4.79 Å². The van der Waals surface area contributed by atoms with E-state index in [1.807, 2.05) is 24.3 Å². The Morgan fingerprint density at radius 1 is 1.38 bits per heavy atom. The van der Waals surface area contributed by atoms with Crippen molar-refractivity contribution in [2.75, 3.05) is 13.6 Å². The van der Waals surface area contributed by atoms with Gasteiger partial charge in [-0.15, -0.1) is 0 Å². The van der Waals surface area contributed by atoms with E-state index in [2.05, 4.69) is 21.2 Å². The van der Waals surface area contributed by atoms with Crippen LogP contribution in [0.25, 0.3) is 0 Å². The summed E-state index contributed by atoms with van der Waals surface area (Å²) in [6.07, 6.45) is 0.455. The van der Waals surface area contributed by atoms with Crippen molar-refractivity contribution in [2.45, 2.75) is 26.8 Å². The van der Waals surface area contributed by atoms with E-state index in [1.54, 1.807) is 20.9 Å². The number of rotatable bonds is 6. The number of halogens is 1. The number of carbonyl (C=O) groups is 2. The number of amides is 2. The van der Waals surface area contributed by atoms with Crippen LogP contribution in [0.3, 0.4) is 0 Å². The minimum Gasteiger partial charge on any atom is -0.481 e. The van der Waals surface area contributed by atoms with Crippen molar-refractivity contribution in [2.24, 2.45) is 5.41 Å². The maximum absolute atomic E-state index is 12.1. The van der Waals surface area contributed by atoms with Crippen LogP contribution in [0.5, 0.6) is 0 Å². The molecule has 1 rings (SSSR count). The number of carboxylic acid groups (broad SMARTS) is 1. The number of urea groups is 1. The van der Waals surface area contributed by atoms with Crippen LogP contribution in [0.1, 0.15) is 25.8 Å². The Hall–Kier alpha value is -1.56. The number of carboxylic acids is 1. The summed E-state index contributed by atoms with van der Waals surface area (Å²) in [6.45, 7) is 3.98. The summed E-state index contributed by atoms with van der Waals surface area (Å²) in [5.41, 5.74) is 0.0516. The molecule has 0 saturated carbocycles. The quantitative estimate of drug-likeness (QED) is 0.822. The van der Waals surface area contributed by atoms with E-state index in [1.165, 1.54) is 4.90 Å². The molecule has 1 atom stereocenters. The predicted octanol–water partition coefficient (Wildman–Crippen LogP) is 3.09. The van der Waals surface area contributed by atoms with Crippen molar-refractivity contribution in [3.63, 3.8) is 0 Å². The minimum atomic E-state index is -0.941. The van der Waals surface area contributed by atoms with Crippen LogP contribution in [-0.2, 0) is 11.3 Å². The van der Waals surface area contributed by atoms with E-state index in [9.17, 15) is 14.7 Å². The molecule has 2 amide bonds. The van der Waals surface area contributed by atoms with Crippen molar-refractivity contribution < 1.29 is 14.7 Å². The van der Waals surface area contributed by atoms with E-state index in [-0.39, 0.29) is 12.6 Å². The Morgan fingerprint density at radius 2 is 2.00 bits per heavy atom. The van der Waals surface area contributed by atoms with Crippen LogP contribution < -0.4 is 5.32 Å². The molecule has 0 spiro atoms. The normalized spacial score (nSPS) is 13.3. The van der Waals surface area contributed by atoms with Gasteiger partial charge in [-0.1, -0.05) is 41.1 Å². The predicted molar refractivity (Wildman–Crippen MR) is 85.0 cm³/mol. The van der Waals surface area contributed by atoms with Gasteiger partial charge in [0, 0.05) is 24.6 Å². The number of hydrogen-bond acceptors (Lipinski definition) is 2. The molecule has 0 heterocycles. The Labute approximate surface area is 133 Å². The van der Waals surface area contributed by atoms with Gasteiger partial charge in [-0.25, -0.2) is 4.79 Å². The minimum absolute atomic E-state index is 0.109. The van der Waals surface area contributed by atoms with Gasteiger partial charge in [0.05, 0.1) is 5.41 Å². The summed E-state index contributed by atoms with van der Waals surface area (Å²) in [5.74, 6) is -0.904. The lowest BCUT2D eigenvalue weighted by atomic mass is 9.88. The first-order chi connectivity index (χ1) is 9.80. The maximum atomic E-state index is 12.1. The third-order valence-electron chi connectivity index (χ3n) is 3.64. The average molecular weight is 357 g/mol. The van der Waals surface area contributed by atoms with Crippen LogP contribution in [0.15, 0.2) is 28.7 Å². The van der Waals surface area contributed by atoms with Gasteiger partial charge in [-0.05, 0) is 25.0 Å². The van der Waals surface area contributed by atoms with Gasteiger partial charge >= 0.3 is 12.0 Å². The number of nitrogens with one attached hydrogen (secondary N) is 1. The van der Waals surface area contributed by atoms with Crippen LogP contribution in [0, 0.1) is 5.41 Å². The van der Waals surface area contributed by atoms with Gasteiger partial charge in [-0.3, -0.25) is 4.79 Å². The summed E-state index contributed by atoms with van der Waals surface area (Å²) < 4.78 is 0.939. The summed E-state index contributed by atoms with van der Waals surface area (Å²) in [4.78, 5) is 24.8. The molecule has 21 heavy (non-hydrogen) atoms. The Kier molecular flexibility index (Phi) is 6.20. The Bertz CT molecular complexity index is 521. The van der Waals surface area contributed by atoms with Crippen molar-refractivity contribution in [3.05, 3.63) is 34.3 Å². The van der Waals surface area contributed by atoms with Gasteiger partial charge in [0.25, 0.3) is 0 Å². The van der Waals surface area contributed by atoms with Crippen LogP contribution >= 0.6 is 15.9 Å². The number of carbonyl (C=O) groups excluding carboxylic acids is 1. The van der Waals surface area contributed by atoms with E-state index in [0.29, 0.717) is 13.0 Å². The molecule has 1 aromatic carbocycles. The van der Waals surface area contributed by atoms with E-state index in [0.717, 1.165) is 10.0 Å². The molecular formula is C15H21BrN2O3. The molecule has 6 heteroatoms. The highest BCUT2D eigenvalue weighted by molar-refractivity contribution is 9.10. The first-order valence-corrected chi connectivity index (χ1v) is 7.55. The fraction of sp³-hybridized carbons (Fsp3) is 0.467. The lowest BCUT2D eigenvalue weighted by Gasteiger charge is -2.25. The maximum Gasteiger partial charge on any atom is 0.317 e. The summed E-state index contributed by atoms with van der Waals surface area (Å²) >= 11 is 3.44. The molecule has 0 aliphatic heterocycles. The summed E-state index contributed by atoms with van der Waals surface area (Å²) in [7, 11) is 1.68. The number of hydrogen-bond donors (Lipinski definition) is 2. The summed E-state index contributed by atoms with van der Waals surface area (Å²) in [5, 5.41) is 11.9. The highest BCUT2D eigenvalue weighted by Gasteiger charge is 2.31. The largest absolute Gasteiger partial charge is 0.481 e. The van der Waals surface area contributed by atoms with Gasteiger partial charge in [0.2, 0.25) is 0 Å². The second-order valence-electron chi connectivity index (χ2n) is 5.33. The topological polar surface area (TPSA) is 69.6 Å². The third-order valence-corrected chi connectivity index (χ3v) is 4.41. The number of nitrogens with zero attached hydrogens (tertiary/aromatic N) is 1. The fourth-order valence-electron chi connectivity index (χ4n) is 1.71. The van der Waals surface area contributed by atoms with Gasteiger partial charge < -0.3 is 15.3 Å². The molecule has 1 unspecified atom stereocenters. The van der Waals surface area contributed by atoms with Gasteiger partial charge in [0.15, 0.2) is 0 Å². The highest BCUT2D eigenvalue weighted by atomic mass is 79.9. The van der Waals surface area contributed by atoms with E-state index >= 15 is 0 Å². The lowest BCUT2D eigenvalue weighted by molar-refractivity contribution is -0.147. The molecule has 0 aliphatic carbocycles. The first-order valence-electron chi connectivity index (χ1n) is 6.76. The average Bonchev–Trinajstić information content (AvgIpc) is 2.46. The lowest BCUT2D eigenvalue weighted by Crippen LogP contribution is -2.45. The van der Waals surface area contributed by atoms with Crippen molar-refractivity contribution in [1.82, 2.24) is 10.2 Å². The van der Waals surface area contributed by atoms with Gasteiger partial charge in [-0.2, -0.15) is 0 Å². The SMILES string of the molecule is CCC(C)(CNC(=O)N(C)Cc1ccccc1Br)C(=O)O. The molecule has 0 bridgehead atoms. The van der Waals surface area contributed by atoms with Crippen molar-refractivity contribution >= 4 is 27.9 Å². The Morgan fingerprint density at radius 3 is 2.52 bits per heavy atom. The molecule has 2 N–H and O–H groups in total. The zero-order valence-corrected chi connectivity index (χ0v) is 14.1. The van der Waals surface area contributed by atoms with Crippen LogP contribution in [-0.4, -0.2) is 35.6 Å². The molecule has 0 aromatic heterocycles. The van der Waals surface area contributed by atoms with Crippen molar-refractivity contribution in [3.8, 4) is 0 Å². The first kappa shape index (κ1) is 17.5.